The predicted octanol–water partition coefficient (Wildman–Crippen LogP) is 6.38. The summed E-state index contributed by atoms with van der Waals surface area (Å²) in [6.45, 7) is 6.32. The molecule has 40 heavy (non-hydrogen) atoms. The summed E-state index contributed by atoms with van der Waals surface area (Å²) < 4.78 is 18.2. The van der Waals surface area contributed by atoms with Crippen molar-refractivity contribution in [2.45, 2.75) is 116 Å². The van der Waals surface area contributed by atoms with Crippen LogP contribution in [0.4, 0.5) is 0 Å². The Labute approximate surface area is 239 Å². The molecule has 5 aliphatic heterocycles. The van der Waals surface area contributed by atoms with Gasteiger partial charge in [0.05, 0.1) is 18.8 Å². The van der Waals surface area contributed by atoms with Crippen molar-refractivity contribution in [3.8, 4) is 0 Å². The van der Waals surface area contributed by atoms with Crippen LogP contribution in [0.5, 0.6) is 0 Å². The third-order valence-electron chi connectivity index (χ3n) is 11.9. The Kier molecular flexibility index (Phi) is 6.74. The third kappa shape index (κ3) is 3.99. The normalized spacial score (nSPS) is 43.1. The molecule has 0 aromatic heterocycles. The highest BCUT2D eigenvalue weighted by molar-refractivity contribution is 5.93. The minimum atomic E-state index is -0.352. The van der Waals surface area contributed by atoms with E-state index in [2.05, 4.69) is 37.0 Å². The summed E-state index contributed by atoms with van der Waals surface area (Å²) in [6, 6.07) is 0.943. The number of rotatable bonds is 3. The van der Waals surface area contributed by atoms with E-state index in [1.807, 2.05) is 0 Å². The topological polar surface area (TPSA) is 68.2 Å². The van der Waals surface area contributed by atoms with Crippen LogP contribution in [0.25, 0.3) is 0 Å². The number of aliphatic hydroxyl groups excluding tert-OH is 1. The molecule has 0 amide bonds. The number of esters is 1. The fourth-order valence-corrected chi connectivity index (χ4v) is 10.0. The van der Waals surface area contributed by atoms with Crippen molar-refractivity contribution in [1.82, 2.24) is 4.90 Å². The second-order valence-corrected chi connectivity index (χ2v) is 14.1. The molecule has 6 heteroatoms. The lowest BCUT2D eigenvalue weighted by atomic mass is 9.62. The number of ether oxygens (including phenoxy) is 3. The zero-order valence-corrected chi connectivity index (χ0v) is 24.7. The molecular weight excluding hydrogens is 502 g/mol. The molecule has 2 bridgehead atoms. The highest BCUT2D eigenvalue weighted by Crippen LogP contribution is 2.59. The summed E-state index contributed by atoms with van der Waals surface area (Å²) in [5, 5.41) is 12.2. The maximum Gasteiger partial charge on any atom is 0.343 e. The average molecular weight is 550 g/mol. The van der Waals surface area contributed by atoms with Crippen LogP contribution < -0.4 is 0 Å². The van der Waals surface area contributed by atoms with Crippen molar-refractivity contribution < 1.29 is 24.1 Å². The number of hydrogen-bond donors (Lipinski definition) is 1. The van der Waals surface area contributed by atoms with Gasteiger partial charge in [0, 0.05) is 41.3 Å². The van der Waals surface area contributed by atoms with Crippen LogP contribution >= 0.6 is 0 Å². The number of hydrogen-bond acceptors (Lipinski definition) is 6. The predicted molar refractivity (Wildman–Crippen MR) is 152 cm³/mol. The van der Waals surface area contributed by atoms with Crippen molar-refractivity contribution in [1.29, 1.82) is 0 Å². The van der Waals surface area contributed by atoms with Gasteiger partial charge in [-0.25, -0.2) is 4.79 Å². The van der Waals surface area contributed by atoms with E-state index in [1.54, 1.807) is 14.0 Å². The quantitative estimate of drug-likeness (QED) is 0.325. The van der Waals surface area contributed by atoms with Gasteiger partial charge >= 0.3 is 5.97 Å². The van der Waals surface area contributed by atoms with E-state index >= 15 is 0 Å². The largest absolute Gasteiger partial charge is 0.492 e. The second-order valence-electron chi connectivity index (χ2n) is 14.1. The van der Waals surface area contributed by atoms with E-state index < -0.39 is 0 Å². The first-order valence-corrected chi connectivity index (χ1v) is 16.1. The van der Waals surface area contributed by atoms with Gasteiger partial charge in [-0.3, -0.25) is 4.90 Å². The lowest BCUT2D eigenvalue weighted by Gasteiger charge is -2.60. The monoisotopic (exact) mass is 549 g/mol. The molecule has 218 valence electrons. The Bertz CT molecular complexity index is 1170. The Morgan fingerprint density at radius 3 is 2.62 bits per heavy atom. The van der Waals surface area contributed by atoms with Gasteiger partial charge in [-0.05, 0) is 76.2 Å². The molecule has 4 fully saturated rings. The van der Waals surface area contributed by atoms with Crippen LogP contribution in [-0.2, 0) is 19.0 Å². The second kappa shape index (κ2) is 10.0. The van der Waals surface area contributed by atoms with Crippen molar-refractivity contribution >= 4 is 5.97 Å². The Morgan fingerprint density at radius 1 is 1.10 bits per heavy atom. The van der Waals surface area contributed by atoms with Gasteiger partial charge in [0.25, 0.3) is 0 Å². The summed E-state index contributed by atoms with van der Waals surface area (Å²) in [5.74, 6) is 4.07. The van der Waals surface area contributed by atoms with Gasteiger partial charge in [0.1, 0.15) is 5.76 Å². The smallest absolute Gasteiger partial charge is 0.343 e. The van der Waals surface area contributed by atoms with Gasteiger partial charge in [-0.1, -0.05) is 45.3 Å². The minimum Gasteiger partial charge on any atom is -0.492 e. The number of carbonyl (C=O) groups excluding carboxylic acids is 1. The van der Waals surface area contributed by atoms with Crippen LogP contribution in [0, 0.1) is 35.0 Å². The number of carbonyl (C=O) groups is 1. The number of piperidine rings is 2. The highest BCUT2D eigenvalue weighted by Gasteiger charge is 2.60. The molecule has 0 aromatic rings. The lowest BCUT2D eigenvalue weighted by molar-refractivity contribution is -0.137. The first-order valence-electron chi connectivity index (χ1n) is 16.1. The molecule has 6 nitrogen and oxygen atoms in total. The molecule has 0 radical (unpaired) electrons. The minimum absolute atomic E-state index is 0.0559. The zero-order chi connectivity index (χ0) is 27.8. The summed E-state index contributed by atoms with van der Waals surface area (Å²) >= 11 is 0. The number of nitrogens with zero attached hydrogens (tertiary/aromatic N) is 1. The zero-order valence-electron chi connectivity index (χ0n) is 24.7. The standard InChI is InChI=1S/C34H47NO5/c1-19-9-8-10-23(17-19)29(36)28-22-11-13-24-27-20(2)31(32-30(38-4)21(3)33(37)40-32)39-25(27)18-34(15-6-5-7-16-34)26(14-12-22)35(24)28/h8,10,18-20,22-24,26-29,36H,5-7,9,11-17H2,1-4H3/t19-,20-,22-,23+,24-,26-,27+,28-,29-/m0/s1. The van der Waals surface area contributed by atoms with Crippen LogP contribution in [0.15, 0.2) is 46.8 Å². The van der Waals surface area contributed by atoms with Gasteiger partial charge in [-0.2, -0.15) is 0 Å². The van der Waals surface area contributed by atoms with Crippen molar-refractivity contribution in [2.75, 3.05) is 7.11 Å². The summed E-state index contributed by atoms with van der Waals surface area (Å²) in [4.78, 5) is 15.4. The molecule has 0 aromatic carbocycles. The van der Waals surface area contributed by atoms with E-state index in [4.69, 9.17) is 14.2 Å². The SMILES string of the molecule is COC1=C(C)C(=O)OC1=C1OC2=CC3(CCCCC3)[C@@H]3CC[C@@H]4CC[C@@H]([C@H]2[C@@H]1C)N3[C@@H]4[C@@H](O)[C@@H]1C=CC[C@H](C)C1. The molecule has 3 saturated heterocycles. The molecule has 9 atom stereocenters. The fourth-order valence-electron chi connectivity index (χ4n) is 10.0. The van der Waals surface area contributed by atoms with E-state index in [0.717, 1.165) is 37.2 Å². The number of aliphatic hydroxyl groups is 1. The molecule has 7 rings (SSSR count). The van der Waals surface area contributed by atoms with Crippen molar-refractivity contribution in [2.24, 2.45) is 35.0 Å². The average Bonchev–Trinajstić information content (AvgIpc) is 3.37. The number of fused-ring (bicyclic) bond motifs is 4. The van der Waals surface area contributed by atoms with E-state index in [1.165, 1.54) is 44.9 Å². The molecule has 1 saturated carbocycles. The maximum atomic E-state index is 12.5. The lowest BCUT2D eigenvalue weighted by Crippen LogP contribution is -2.67. The fraction of sp³-hybridized carbons (Fsp3) is 0.735. The first-order chi connectivity index (χ1) is 19.3. The van der Waals surface area contributed by atoms with Gasteiger partial charge in [0.2, 0.25) is 5.76 Å². The van der Waals surface area contributed by atoms with Crippen molar-refractivity contribution in [3.05, 3.63) is 46.8 Å². The number of methoxy groups -OCH3 is 1. The molecule has 0 unspecified atom stereocenters. The number of allylic oxidation sites excluding steroid dienone is 2. The van der Waals surface area contributed by atoms with E-state index in [-0.39, 0.29) is 41.3 Å². The molecular formula is C34H47NO5. The van der Waals surface area contributed by atoms with E-state index in [9.17, 15) is 9.90 Å². The Balaban J connectivity index is 1.33. The maximum absolute atomic E-state index is 12.5. The van der Waals surface area contributed by atoms with Gasteiger partial charge in [0.15, 0.2) is 11.5 Å². The molecule has 1 N–H and O–H groups in total. The Hall–Kier alpha value is -2.05. The third-order valence-corrected chi connectivity index (χ3v) is 11.9. The van der Waals surface area contributed by atoms with Crippen LogP contribution in [0.3, 0.4) is 0 Å². The molecule has 2 aliphatic carbocycles. The first kappa shape index (κ1) is 26.8. The summed E-state index contributed by atoms with van der Waals surface area (Å²) in [7, 11) is 1.60. The van der Waals surface area contributed by atoms with Crippen molar-refractivity contribution in [3.63, 3.8) is 0 Å². The van der Waals surface area contributed by atoms with Crippen LogP contribution in [0.1, 0.15) is 91.4 Å². The number of cyclic esters (lactones) is 1. The highest BCUT2D eigenvalue weighted by atomic mass is 16.6. The Morgan fingerprint density at radius 2 is 1.88 bits per heavy atom. The van der Waals surface area contributed by atoms with E-state index in [0.29, 0.717) is 41.0 Å². The molecule has 1 spiro atoms. The summed E-state index contributed by atoms with van der Waals surface area (Å²) in [6.07, 6.45) is 19.9. The van der Waals surface area contributed by atoms with Crippen LogP contribution in [-0.4, -0.2) is 47.3 Å². The van der Waals surface area contributed by atoms with Gasteiger partial charge in [-0.15, -0.1) is 0 Å². The van der Waals surface area contributed by atoms with Crippen LogP contribution in [0.2, 0.25) is 0 Å². The van der Waals surface area contributed by atoms with Gasteiger partial charge < -0.3 is 19.3 Å². The molecule has 5 heterocycles. The summed E-state index contributed by atoms with van der Waals surface area (Å²) in [5.41, 5.74) is 0.568. The molecule has 7 aliphatic rings.